The Balaban J connectivity index is 1.67. The predicted molar refractivity (Wildman–Crippen MR) is 107 cm³/mol. The first kappa shape index (κ1) is 21.0. The molecule has 2 aromatic rings. The van der Waals surface area contributed by atoms with E-state index in [2.05, 4.69) is 10.7 Å². The van der Waals surface area contributed by atoms with Crippen molar-refractivity contribution >= 4 is 17.8 Å². The van der Waals surface area contributed by atoms with Gasteiger partial charge in [0.2, 0.25) is 0 Å². The summed E-state index contributed by atoms with van der Waals surface area (Å²) in [6.45, 7) is 3.43. The van der Waals surface area contributed by atoms with Crippen LogP contribution in [0.3, 0.4) is 0 Å². The smallest absolute Gasteiger partial charge is 0.344 e. The van der Waals surface area contributed by atoms with Crippen molar-refractivity contribution in [1.82, 2.24) is 15.8 Å². The van der Waals surface area contributed by atoms with Gasteiger partial charge < -0.3 is 19.5 Å². The van der Waals surface area contributed by atoms with Gasteiger partial charge in [-0.3, -0.25) is 15.0 Å². The number of ether oxygens (including phenoxy) is 3. The molecule has 1 saturated heterocycles. The highest BCUT2D eigenvalue weighted by Gasteiger charge is 2.50. The van der Waals surface area contributed by atoms with Crippen LogP contribution in [0.5, 0.6) is 17.2 Å². The summed E-state index contributed by atoms with van der Waals surface area (Å²) in [6.07, 6.45) is 0. The number of para-hydroxylation sites is 2. The number of carbonyl (C=O) groups is 3. The highest BCUT2D eigenvalue weighted by Crippen LogP contribution is 2.30. The molecule has 9 heteroatoms. The van der Waals surface area contributed by atoms with Gasteiger partial charge in [-0.15, -0.1) is 0 Å². The molecule has 9 nitrogen and oxygen atoms in total. The summed E-state index contributed by atoms with van der Waals surface area (Å²) in [6, 6.07) is 12.9. The highest BCUT2D eigenvalue weighted by molar-refractivity contribution is 6.08. The number of urea groups is 1. The first-order chi connectivity index (χ1) is 14.4. The molecule has 1 aliphatic heterocycles. The molecule has 0 aliphatic carbocycles. The number of carbonyl (C=O) groups excluding carboxylic acids is 3. The number of nitrogens with zero attached hydrogens (tertiary/aromatic N) is 1. The molecule has 1 atom stereocenters. The van der Waals surface area contributed by atoms with Crippen molar-refractivity contribution < 1.29 is 28.6 Å². The second-order valence-electron chi connectivity index (χ2n) is 6.63. The highest BCUT2D eigenvalue weighted by atomic mass is 16.5. The van der Waals surface area contributed by atoms with Crippen LogP contribution in [-0.4, -0.2) is 43.2 Å². The number of hydrazine groups is 1. The monoisotopic (exact) mass is 413 g/mol. The summed E-state index contributed by atoms with van der Waals surface area (Å²) in [5.74, 6) is 0.129. The van der Waals surface area contributed by atoms with Gasteiger partial charge in [-0.05, 0) is 43.7 Å². The summed E-state index contributed by atoms with van der Waals surface area (Å²) in [5, 5.41) is 3.26. The molecule has 30 heavy (non-hydrogen) atoms. The number of imide groups is 1. The van der Waals surface area contributed by atoms with Gasteiger partial charge in [0.15, 0.2) is 18.1 Å². The number of methoxy groups -OCH3 is 1. The van der Waals surface area contributed by atoms with Crippen molar-refractivity contribution in [3.8, 4) is 17.2 Å². The zero-order chi connectivity index (χ0) is 21.7. The van der Waals surface area contributed by atoms with Crippen LogP contribution < -0.4 is 25.0 Å². The number of hydrogen-bond acceptors (Lipinski definition) is 6. The number of rotatable bonds is 8. The van der Waals surface area contributed by atoms with E-state index < -0.39 is 30.0 Å². The number of amides is 4. The van der Waals surface area contributed by atoms with Crippen LogP contribution in [0.1, 0.15) is 19.4 Å². The summed E-state index contributed by atoms with van der Waals surface area (Å²) in [5.41, 5.74) is 1.47. The Morgan fingerprint density at radius 3 is 2.47 bits per heavy atom. The fourth-order valence-corrected chi connectivity index (χ4v) is 3.01. The Bertz CT molecular complexity index is 963. The molecule has 0 unspecified atom stereocenters. The maximum absolute atomic E-state index is 12.9. The minimum Gasteiger partial charge on any atom is -0.497 e. The van der Waals surface area contributed by atoms with Crippen molar-refractivity contribution in [2.24, 2.45) is 0 Å². The molecular weight excluding hydrogens is 390 g/mol. The van der Waals surface area contributed by atoms with Gasteiger partial charge in [0.25, 0.3) is 11.8 Å². The quantitative estimate of drug-likeness (QED) is 0.641. The number of benzene rings is 2. The zero-order valence-corrected chi connectivity index (χ0v) is 16.9. The molecule has 0 spiro atoms. The zero-order valence-electron chi connectivity index (χ0n) is 16.9. The van der Waals surface area contributed by atoms with Gasteiger partial charge in [-0.2, -0.15) is 5.01 Å². The molecule has 1 fully saturated rings. The lowest BCUT2D eigenvalue weighted by Crippen LogP contribution is -2.49. The third-order valence-corrected chi connectivity index (χ3v) is 4.58. The molecule has 4 amide bonds. The third kappa shape index (κ3) is 4.14. The number of hydrogen-bond donors (Lipinski definition) is 2. The molecule has 2 N–H and O–H groups in total. The fraction of sp³-hybridized carbons (Fsp3) is 0.286. The molecule has 3 rings (SSSR count). The van der Waals surface area contributed by atoms with Crippen molar-refractivity contribution in [2.75, 3.05) is 20.3 Å². The summed E-state index contributed by atoms with van der Waals surface area (Å²) >= 11 is 0. The normalized spacial score (nSPS) is 18.0. The van der Waals surface area contributed by atoms with Crippen LogP contribution >= 0.6 is 0 Å². The van der Waals surface area contributed by atoms with Gasteiger partial charge in [0, 0.05) is 0 Å². The van der Waals surface area contributed by atoms with Crippen LogP contribution in [0.15, 0.2) is 48.5 Å². The van der Waals surface area contributed by atoms with Crippen LogP contribution in [0.2, 0.25) is 0 Å². The van der Waals surface area contributed by atoms with Crippen LogP contribution in [0, 0.1) is 0 Å². The van der Waals surface area contributed by atoms with Gasteiger partial charge in [-0.1, -0.05) is 24.3 Å². The van der Waals surface area contributed by atoms with Crippen LogP contribution in [-0.2, 0) is 15.1 Å². The topological polar surface area (TPSA) is 106 Å². The van der Waals surface area contributed by atoms with E-state index in [1.807, 2.05) is 6.92 Å². The first-order valence-electron chi connectivity index (χ1n) is 9.34. The molecule has 1 aliphatic rings. The van der Waals surface area contributed by atoms with Crippen molar-refractivity contribution in [1.29, 1.82) is 0 Å². The third-order valence-electron chi connectivity index (χ3n) is 4.58. The van der Waals surface area contributed by atoms with E-state index in [1.165, 1.54) is 7.11 Å². The summed E-state index contributed by atoms with van der Waals surface area (Å²) in [4.78, 5) is 37.6. The molecule has 1 heterocycles. The molecule has 0 radical (unpaired) electrons. The second kappa shape index (κ2) is 8.73. The molecule has 0 bridgehead atoms. The molecule has 0 saturated carbocycles. The average molecular weight is 413 g/mol. The number of nitrogens with one attached hydrogen (secondary N) is 2. The fourth-order valence-electron chi connectivity index (χ4n) is 3.01. The minimum absolute atomic E-state index is 0.382. The largest absolute Gasteiger partial charge is 0.497 e. The predicted octanol–water partition coefficient (Wildman–Crippen LogP) is 1.97. The van der Waals surface area contributed by atoms with Gasteiger partial charge in [0.05, 0.1) is 13.7 Å². The first-order valence-corrected chi connectivity index (χ1v) is 9.34. The average Bonchev–Trinajstić information content (AvgIpc) is 2.97. The standard InChI is InChI=1S/C21H23N3O6/c1-4-29-16-10-5-6-11-17(16)30-13-18(25)23-24-19(26)21(2,22-20(24)27)14-8-7-9-15(12-14)28-3/h5-12H,4,13H2,1-3H3,(H,22,27)(H,23,25)/t21-/m0/s1. The Kier molecular flexibility index (Phi) is 6.10. The second-order valence-corrected chi connectivity index (χ2v) is 6.63. The van der Waals surface area contributed by atoms with Crippen molar-refractivity contribution in [2.45, 2.75) is 19.4 Å². The van der Waals surface area contributed by atoms with Gasteiger partial charge >= 0.3 is 6.03 Å². The van der Waals surface area contributed by atoms with E-state index in [0.29, 0.717) is 34.4 Å². The van der Waals surface area contributed by atoms with Crippen LogP contribution in [0.25, 0.3) is 0 Å². The van der Waals surface area contributed by atoms with Gasteiger partial charge in [0.1, 0.15) is 11.3 Å². The molecule has 2 aromatic carbocycles. The lowest BCUT2D eigenvalue weighted by atomic mass is 9.92. The van der Waals surface area contributed by atoms with E-state index in [9.17, 15) is 14.4 Å². The Hall–Kier alpha value is -3.75. The van der Waals surface area contributed by atoms with Gasteiger partial charge in [-0.25, -0.2) is 4.79 Å². The summed E-state index contributed by atoms with van der Waals surface area (Å²) < 4.78 is 16.1. The molecule has 158 valence electrons. The van der Waals surface area contributed by atoms with Crippen LogP contribution in [0.4, 0.5) is 4.79 Å². The van der Waals surface area contributed by atoms with Crippen molar-refractivity contribution in [3.63, 3.8) is 0 Å². The Morgan fingerprint density at radius 2 is 1.80 bits per heavy atom. The Morgan fingerprint density at radius 1 is 1.10 bits per heavy atom. The maximum atomic E-state index is 12.9. The lowest BCUT2D eigenvalue weighted by molar-refractivity contribution is -0.139. The Labute approximate surface area is 173 Å². The summed E-state index contributed by atoms with van der Waals surface area (Å²) in [7, 11) is 1.51. The van der Waals surface area contributed by atoms with Crippen molar-refractivity contribution in [3.05, 3.63) is 54.1 Å². The van der Waals surface area contributed by atoms with E-state index in [1.54, 1.807) is 55.5 Å². The van der Waals surface area contributed by atoms with E-state index in [4.69, 9.17) is 14.2 Å². The van der Waals surface area contributed by atoms with E-state index in [-0.39, 0.29) is 0 Å². The minimum atomic E-state index is -1.35. The van der Waals surface area contributed by atoms with E-state index >= 15 is 0 Å². The molecule has 0 aromatic heterocycles. The maximum Gasteiger partial charge on any atom is 0.344 e. The lowest BCUT2D eigenvalue weighted by Gasteiger charge is -2.22. The van der Waals surface area contributed by atoms with E-state index in [0.717, 1.165) is 0 Å². The SMILES string of the molecule is CCOc1ccccc1OCC(=O)NN1C(=O)N[C@@](C)(c2cccc(OC)c2)C1=O. The molecular formula is C21H23N3O6.